The third kappa shape index (κ3) is 3.38. The molecule has 0 saturated carbocycles. The maximum Gasteiger partial charge on any atom is 0.231 e. The van der Waals surface area contributed by atoms with Gasteiger partial charge >= 0.3 is 0 Å². The lowest BCUT2D eigenvalue weighted by Crippen LogP contribution is -2.34. The molecule has 1 amide bonds. The highest BCUT2D eigenvalue weighted by Gasteiger charge is 2.37. The maximum absolute atomic E-state index is 14.7. The minimum Gasteiger partial charge on any atom is -0.497 e. The van der Waals surface area contributed by atoms with Gasteiger partial charge in [0.1, 0.15) is 11.6 Å². The number of hydrogen-bond acceptors (Lipinski definition) is 5. The molecule has 2 aliphatic rings. The molecule has 0 aliphatic carbocycles. The number of amides is 1. The normalized spacial score (nSPS) is 21.1. The number of nitrogens with two attached hydrogens (primary N) is 1. The van der Waals surface area contributed by atoms with Gasteiger partial charge in [-0.25, -0.2) is 4.39 Å². The van der Waals surface area contributed by atoms with Crippen molar-refractivity contribution in [1.29, 1.82) is 0 Å². The van der Waals surface area contributed by atoms with E-state index in [1.165, 1.54) is 13.2 Å². The Kier molecular flexibility index (Phi) is 4.85. The van der Waals surface area contributed by atoms with Gasteiger partial charge in [-0.05, 0) is 48.6 Å². The first kappa shape index (κ1) is 18.6. The maximum atomic E-state index is 14.7. The first-order valence-electron chi connectivity index (χ1n) is 9.22. The molecule has 28 heavy (non-hydrogen) atoms. The summed E-state index contributed by atoms with van der Waals surface area (Å²) in [6.45, 7) is 2.93. The van der Waals surface area contributed by atoms with Crippen LogP contribution in [0.3, 0.4) is 0 Å². The summed E-state index contributed by atoms with van der Waals surface area (Å²) in [6, 6.07) is 8.56. The topological polar surface area (TPSA) is 74.0 Å². The van der Waals surface area contributed by atoms with Crippen LogP contribution in [0.1, 0.15) is 35.1 Å². The molecule has 148 valence electrons. The van der Waals surface area contributed by atoms with E-state index < -0.39 is 5.91 Å². The van der Waals surface area contributed by atoms with Gasteiger partial charge in [0.05, 0.1) is 13.7 Å². The molecule has 0 unspecified atom stereocenters. The molecule has 0 aromatic heterocycles. The molecular weight excluding hydrogens is 363 g/mol. The third-order valence-electron chi connectivity index (χ3n) is 5.53. The van der Waals surface area contributed by atoms with Crippen LogP contribution < -0.4 is 19.9 Å². The van der Waals surface area contributed by atoms with Crippen molar-refractivity contribution in [3.8, 4) is 17.2 Å². The molecule has 0 bridgehead atoms. The average Bonchev–Trinajstić information content (AvgIpc) is 3.26. The summed E-state index contributed by atoms with van der Waals surface area (Å²) in [5.74, 6) is 1.28. The Hall–Kier alpha value is -2.80. The highest BCUT2D eigenvalue weighted by Crippen LogP contribution is 2.45. The van der Waals surface area contributed by atoms with Crippen LogP contribution in [0.5, 0.6) is 17.2 Å². The minimum absolute atomic E-state index is 0.0796. The number of carbonyl (C=O) groups is 1. The number of halogens is 1. The van der Waals surface area contributed by atoms with Crippen LogP contribution in [0.2, 0.25) is 0 Å². The van der Waals surface area contributed by atoms with Gasteiger partial charge in [-0.2, -0.15) is 0 Å². The van der Waals surface area contributed by atoms with Crippen LogP contribution in [0.15, 0.2) is 30.3 Å². The fourth-order valence-corrected chi connectivity index (χ4v) is 4.23. The third-order valence-corrected chi connectivity index (χ3v) is 5.53. The highest BCUT2D eigenvalue weighted by molar-refractivity contribution is 5.76. The number of benzene rings is 2. The van der Waals surface area contributed by atoms with Gasteiger partial charge in [0.2, 0.25) is 12.7 Å². The van der Waals surface area contributed by atoms with E-state index in [4.69, 9.17) is 19.9 Å². The number of rotatable bonds is 5. The summed E-state index contributed by atoms with van der Waals surface area (Å²) < 4.78 is 30.8. The Labute approximate surface area is 163 Å². The Morgan fingerprint density at radius 1 is 1.25 bits per heavy atom. The molecular formula is C21H23FN2O4. The molecule has 2 N–H and O–H groups in total. The van der Waals surface area contributed by atoms with Gasteiger partial charge in [0.15, 0.2) is 11.5 Å². The fraction of sp³-hybridized carbons (Fsp3) is 0.381. The number of hydrogen-bond donors (Lipinski definition) is 1. The van der Waals surface area contributed by atoms with Crippen molar-refractivity contribution in [3.63, 3.8) is 0 Å². The first-order valence-corrected chi connectivity index (χ1v) is 9.22. The van der Waals surface area contributed by atoms with E-state index in [1.54, 1.807) is 12.1 Å². The number of methoxy groups -OCH3 is 1. The number of fused-ring (bicyclic) bond motifs is 1. The molecule has 2 aromatic rings. The van der Waals surface area contributed by atoms with Crippen molar-refractivity contribution in [1.82, 2.24) is 4.90 Å². The zero-order valence-corrected chi connectivity index (χ0v) is 15.9. The molecule has 2 aliphatic heterocycles. The Morgan fingerprint density at radius 2 is 2.00 bits per heavy atom. The average molecular weight is 386 g/mol. The number of ether oxygens (including phenoxy) is 3. The Morgan fingerprint density at radius 3 is 2.68 bits per heavy atom. The molecule has 2 heterocycles. The minimum atomic E-state index is -0.429. The molecule has 6 nitrogen and oxygen atoms in total. The molecule has 0 radical (unpaired) electrons. The van der Waals surface area contributed by atoms with E-state index >= 15 is 0 Å². The zero-order valence-electron chi connectivity index (χ0n) is 15.9. The molecule has 2 aromatic carbocycles. The number of nitrogens with zero attached hydrogens (tertiary/aromatic N) is 1. The fourth-order valence-electron chi connectivity index (χ4n) is 4.23. The quantitative estimate of drug-likeness (QED) is 0.855. The lowest BCUT2D eigenvalue weighted by molar-refractivity contribution is -0.119. The summed E-state index contributed by atoms with van der Waals surface area (Å²) in [4.78, 5) is 13.6. The van der Waals surface area contributed by atoms with E-state index in [2.05, 4.69) is 0 Å². The second kappa shape index (κ2) is 7.31. The Balaban J connectivity index is 1.67. The van der Waals surface area contributed by atoms with E-state index in [-0.39, 0.29) is 31.1 Å². The van der Waals surface area contributed by atoms with Gasteiger partial charge in [-0.3, -0.25) is 9.69 Å². The van der Waals surface area contributed by atoms with Crippen molar-refractivity contribution >= 4 is 5.91 Å². The van der Waals surface area contributed by atoms with Crippen LogP contribution in [0.4, 0.5) is 4.39 Å². The van der Waals surface area contributed by atoms with E-state index in [9.17, 15) is 9.18 Å². The second-order valence-corrected chi connectivity index (χ2v) is 7.29. The van der Waals surface area contributed by atoms with Crippen molar-refractivity contribution in [2.24, 2.45) is 5.73 Å². The summed E-state index contributed by atoms with van der Waals surface area (Å²) in [5.41, 5.74) is 8.21. The number of carbonyl (C=O) groups excluding carboxylic acids is 1. The first-order chi connectivity index (χ1) is 13.5. The van der Waals surface area contributed by atoms with Crippen LogP contribution in [0, 0.1) is 12.7 Å². The van der Waals surface area contributed by atoms with Crippen molar-refractivity contribution in [3.05, 3.63) is 52.8 Å². The predicted octanol–water partition coefficient (Wildman–Crippen LogP) is 2.89. The smallest absolute Gasteiger partial charge is 0.231 e. The largest absolute Gasteiger partial charge is 0.497 e. The van der Waals surface area contributed by atoms with Gasteiger partial charge in [0, 0.05) is 24.2 Å². The van der Waals surface area contributed by atoms with E-state index in [0.29, 0.717) is 24.3 Å². The van der Waals surface area contributed by atoms with Gasteiger partial charge in [-0.15, -0.1) is 0 Å². The summed E-state index contributed by atoms with van der Waals surface area (Å²) in [5, 5.41) is 0. The van der Waals surface area contributed by atoms with Crippen molar-refractivity contribution in [2.75, 3.05) is 27.0 Å². The van der Waals surface area contributed by atoms with Crippen molar-refractivity contribution in [2.45, 2.75) is 25.3 Å². The van der Waals surface area contributed by atoms with Crippen LogP contribution in [-0.4, -0.2) is 37.8 Å². The van der Waals surface area contributed by atoms with Gasteiger partial charge < -0.3 is 19.9 Å². The summed E-state index contributed by atoms with van der Waals surface area (Å²) >= 11 is 0. The van der Waals surface area contributed by atoms with Crippen LogP contribution in [0.25, 0.3) is 0 Å². The number of primary amides is 1. The zero-order chi connectivity index (χ0) is 19.8. The summed E-state index contributed by atoms with van der Waals surface area (Å²) in [7, 11) is 1.50. The van der Waals surface area contributed by atoms with E-state index in [1.807, 2.05) is 24.0 Å². The number of likely N-dealkylation sites (tertiary alicyclic amines) is 1. The molecule has 7 heteroatoms. The highest BCUT2D eigenvalue weighted by atomic mass is 19.1. The predicted molar refractivity (Wildman–Crippen MR) is 101 cm³/mol. The monoisotopic (exact) mass is 386 g/mol. The van der Waals surface area contributed by atoms with Crippen molar-refractivity contribution < 1.29 is 23.4 Å². The lowest BCUT2D eigenvalue weighted by Gasteiger charge is -2.23. The van der Waals surface area contributed by atoms with Gasteiger partial charge in [0.25, 0.3) is 0 Å². The molecule has 0 spiro atoms. The molecule has 4 rings (SSSR count). The Bertz CT molecular complexity index is 918. The van der Waals surface area contributed by atoms with Crippen LogP contribution >= 0.6 is 0 Å². The summed E-state index contributed by atoms with van der Waals surface area (Å²) in [6.07, 6.45) is 0.678. The SMILES string of the molecule is COc1ccc([C@H]2C[C@@H](c3cc4c(cc3C)OCO4)CN2CC(N)=O)c(F)c1. The standard InChI is InChI=1S/C21H23FN2O4/c1-12-5-19-20(28-11-27-19)8-16(12)13-6-18(24(9-13)10-21(23)25)15-4-3-14(26-2)7-17(15)22/h3-5,7-8,13,18H,6,9-11H2,1-2H3,(H2,23,25)/t13-,18-/m1/s1. The lowest BCUT2D eigenvalue weighted by atomic mass is 9.90. The van der Waals surface area contributed by atoms with Gasteiger partial charge in [-0.1, -0.05) is 6.07 Å². The van der Waals surface area contributed by atoms with E-state index in [0.717, 1.165) is 22.6 Å². The number of aryl methyl sites for hydroxylation is 1. The molecule has 2 atom stereocenters. The molecule has 1 fully saturated rings. The second-order valence-electron chi connectivity index (χ2n) is 7.29. The van der Waals surface area contributed by atoms with Crippen LogP contribution in [-0.2, 0) is 4.79 Å². The molecule has 1 saturated heterocycles.